The molecule has 0 radical (unpaired) electrons. The van der Waals surface area contributed by atoms with E-state index in [1.807, 2.05) is 24.3 Å². The van der Waals surface area contributed by atoms with Crippen molar-refractivity contribution in [2.75, 3.05) is 0 Å². The lowest BCUT2D eigenvalue weighted by Crippen LogP contribution is -2.01. The molecule has 0 spiro atoms. The Labute approximate surface area is 187 Å². The van der Waals surface area contributed by atoms with Crippen LogP contribution in [0.1, 0.15) is 31.1 Å². The molecule has 0 aliphatic rings. The summed E-state index contributed by atoms with van der Waals surface area (Å²) in [4.78, 5) is 0. The highest BCUT2D eigenvalue weighted by atomic mass is 79.9. The Morgan fingerprint density at radius 2 is 1.69 bits per heavy atom. The molecule has 0 saturated carbocycles. The van der Waals surface area contributed by atoms with Crippen molar-refractivity contribution >= 4 is 49.9 Å². The van der Waals surface area contributed by atoms with E-state index in [0.717, 1.165) is 32.3 Å². The molecule has 0 N–H and O–H groups in total. The molecule has 6 heteroatoms. The SMILES string of the molecule is CC(C)c1onc(-c2c(Cl)cccc2Cl)c1COc1ccc2cc(Br)ccc2c1. The maximum absolute atomic E-state index is 6.41. The van der Waals surface area contributed by atoms with E-state index in [9.17, 15) is 0 Å². The van der Waals surface area contributed by atoms with E-state index in [0.29, 0.717) is 27.9 Å². The van der Waals surface area contributed by atoms with Gasteiger partial charge in [0.15, 0.2) is 0 Å². The summed E-state index contributed by atoms with van der Waals surface area (Å²) in [5.74, 6) is 1.68. The van der Waals surface area contributed by atoms with Crippen LogP contribution in [0.2, 0.25) is 10.0 Å². The maximum atomic E-state index is 6.41. The van der Waals surface area contributed by atoms with Crippen molar-refractivity contribution in [3.05, 3.63) is 80.4 Å². The third kappa shape index (κ3) is 4.16. The Morgan fingerprint density at radius 3 is 2.41 bits per heavy atom. The van der Waals surface area contributed by atoms with Crippen LogP contribution < -0.4 is 4.74 Å². The standard InChI is InChI=1S/C23H18BrCl2NO2/c1-13(2)23-18(22(27-29-23)21-19(25)4-3-5-20(21)26)12-28-17-9-7-14-10-16(24)8-6-15(14)11-17/h3-11,13H,12H2,1-2H3. The lowest BCUT2D eigenvalue weighted by Gasteiger charge is -2.11. The number of nitrogens with zero attached hydrogens (tertiary/aromatic N) is 1. The van der Waals surface area contributed by atoms with Gasteiger partial charge in [-0.25, -0.2) is 0 Å². The average molecular weight is 491 g/mol. The summed E-state index contributed by atoms with van der Waals surface area (Å²) in [6, 6.07) is 17.6. The topological polar surface area (TPSA) is 35.3 Å². The van der Waals surface area contributed by atoms with Crippen LogP contribution in [0.25, 0.3) is 22.0 Å². The molecule has 3 nitrogen and oxygen atoms in total. The van der Waals surface area contributed by atoms with Gasteiger partial charge in [0.05, 0.1) is 15.6 Å². The van der Waals surface area contributed by atoms with Crippen LogP contribution in [0.3, 0.4) is 0 Å². The van der Waals surface area contributed by atoms with Gasteiger partial charge < -0.3 is 9.26 Å². The maximum Gasteiger partial charge on any atom is 0.146 e. The van der Waals surface area contributed by atoms with Crippen LogP contribution in [0.5, 0.6) is 5.75 Å². The van der Waals surface area contributed by atoms with Gasteiger partial charge in [-0.2, -0.15) is 0 Å². The number of rotatable bonds is 5. The summed E-state index contributed by atoms with van der Waals surface area (Å²) in [6.45, 7) is 4.40. The van der Waals surface area contributed by atoms with E-state index in [4.69, 9.17) is 32.5 Å². The Bertz CT molecular complexity index is 1170. The Balaban J connectivity index is 1.69. The normalized spacial score (nSPS) is 11.4. The first-order valence-electron chi connectivity index (χ1n) is 9.19. The summed E-state index contributed by atoms with van der Waals surface area (Å²) in [7, 11) is 0. The molecule has 0 unspecified atom stereocenters. The van der Waals surface area contributed by atoms with Gasteiger partial charge in [-0.05, 0) is 47.2 Å². The van der Waals surface area contributed by atoms with Crippen LogP contribution in [-0.2, 0) is 6.61 Å². The van der Waals surface area contributed by atoms with E-state index in [-0.39, 0.29) is 5.92 Å². The molecule has 0 bridgehead atoms. The van der Waals surface area contributed by atoms with Crippen LogP contribution in [0, 0.1) is 0 Å². The fraction of sp³-hybridized carbons (Fsp3) is 0.174. The lowest BCUT2D eigenvalue weighted by atomic mass is 10.0. The first kappa shape index (κ1) is 20.3. The molecule has 4 aromatic rings. The van der Waals surface area contributed by atoms with Crippen molar-refractivity contribution in [3.8, 4) is 17.0 Å². The van der Waals surface area contributed by atoms with Crippen molar-refractivity contribution in [3.63, 3.8) is 0 Å². The van der Waals surface area contributed by atoms with Crippen LogP contribution in [-0.4, -0.2) is 5.16 Å². The Kier molecular flexibility index (Phi) is 5.86. The largest absolute Gasteiger partial charge is 0.489 e. The molecule has 0 fully saturated rings. The monoisotopic (exact) mass is 489 g/mol. The average Bonchev–Trinajstić information content (AvgIpc) is 3.10. The zero-order valence-corrected chi connectivity index (χ0v) is 19.0. The van der Waals surface area contributed by atoms with Gasteiger partial charge in [-0.3, -0.25) is 0 Å². The van der Waals surface area contributed by atoms with Gasteiger partial charge in [-0.15, -0.1) is 0 Å². The number of halogens is 3. The molecule has 4 rings (SSSR count). The summed E-state index contributed by atoms with van der Waals surface area (Å²) < 4.78 is 12.8. The molecular weight excluding hydrogens is 473 g/mol. The smallest absolute Gasteiger partial charge is 0.146 e. The summed E-state index contributed by atoms with van der Waals surface area (Å²) >= 11 is 16.3. The van der Waals surface area contributed by atoms with Gasteiger partial charge in [0.25, 0.3) is 0 Å². The van der Waals surface area contributed by atoms with Crippen molar-refractivity contribution in [2.24, 2.45) is 0 Å². The van der Waals surface area contributed by atoms with Gasteiger partial charge in [0, 0.05) is 16.0 Å². The Morgan fingerprint density at radius 1 is 1.00 bits per heavy atom. The van der Waals surface area contributed by atoms with Gasteiger partial charge >= 0.3 is 0 Å². The fourth-order valence-corrected chi connectivity index (χ4v) is 4.23. The van der Waals surface area contributed by atoms with Crippen molar-refractivity contribution in [1.82, 2.24) is 5.16 Å². The molecule has 0 amide bonds. The summed E-state index contributed by atoms with van der Waals surface area (Å²) in [5.41, 5.74) is 2.13. The van der Waals surface area contributed by atoms with Crippen molar-refractivity contribution < 1.29 is 9.26 Å². The highest BCUT2D eigenvalue weighted by molar-refractivity contribution is 9.10. The highest BCUT2D eigenvalue weighted by Crippen LogP contribution is 2.39. The number of benzene rings is 3. The minimum absolute atomic E-state index is 0.144. The number of ether oxygens (including phenoxy) is 1. The minimum Gasteiger partial charge on any atom is -0.489 e. The van der Waals surface area contributed by atoms with E-state index >= 15 is 0 Å². The molecule has 1 aromatic heterocycles. The van der Waals surface area contributed by atoms with Crippen LogP contribution in [0.4, 0.5) is 0 Å². The molecule has 1 heterocycles. The second kappa shape index (κ2) is 8.39. The molecular formula is C23H18BrCl2NO2. The van der Waals surface area contributed by atoms with Gasteiger partial charge in [0.1, 0.15) is 23.8 Å². The third-order valence-corrected chi connectivity index (χ3v) is 5.82. The highest BCUT2D eigenvalue weighted by Gasteiger charge is 2.23. The van der Waals surface area contributed by atoms with Crippen molar-refractivity contribution in [1.29, 1.82) is 0 Å². The molecule has 0 atom stereocenters. The predicted octanol–water partition coefficient (Wildman–Crippen LogP) is 8.27. The molecule has 0 aliphatic heterocycles. The van der Waals surface area contributed by atoms with E-state index in [1.165, 1.54) is 0 Å². The van der Waals surface area contributed by atoms with Crippen LogP contribution in [0.15, 0.2) is 63.6 Å². The first-order valence-corrected chi connectivity index (χ1v) is 10.7. The molecule has 0 saturated heterocycles. The summed E-state index contributed by atoms with van der Waals surface area (Å²) in [6.07, 6.45) is 0. The molecule has 148 valence electrons. The minimum atomic E-state index is 0.144. The second-order valence-electron chi connectivity index (χ2n) is 7.07. The fourth-order valence-electron chi connectivity index (χ4n) is 3.28. The molecule has 0 aliphatic carbocycles. The Hall–Kier alpha value is -2.01. The zero-order valence-electron chi connectivity index (χ0n) is 15.9. The molecule has 29 heavy (non-hydrogen) atoms. The van der Waals surface area contributed by atoms with Gasteiger partial charge in [-0.1, -0.05) is 76.3 Å². The van der Waals surface area contributed by atoms with Gasteiger partial charge in [0.2, 0.25) is 0 Å². The quantitative estimate of drug-likeness (QED) is 0.282. The molecule has 3 aromatic carbocycles. The lowest BCUT2D eigenvalue weighted by molar-refractivity contribution is 0.299. The van der Waals surface area contributed by atoms with E-state index in [2.05, 4.69) is 47.1 Å². The third-order valence-electron chi connectivity index (χ3n) is 4.70. The van der Waals surface area contributed by atoms with Crippen molar-refractivity contribution in [2.45, 2.75) is 26.4 Å². The zero-order chi connectivity index (χ0) is 20.5. The van der Waals surface area contributed by atoms with E-state index < -0.39 is 0 Å². The van der Waals surface area contributed by atoms with Crippen LogP contribution >= 0.6 is 39.1 Å². The predicted molar refractivity (Wildman–Crippen MR) is 122 cm³/mol. The number of hydrogen-bond donors (Lipinski definition) is 0. The number of fused-ring (bicyclic) bond motifs is 1. The summed E-state index contributed by atoms with van der Waals surface area (Å²) in [5, 5.41) is 7.57. The number of hydrogen-bond acceptors (Lipinski definition) is 3. The second-order valence-corrected chi connectivity index (χ2v) is 8.80. The number of aromatic nitrogens is 1. The first-order chi connectivity index (χ1) is 13.9. The van der Waals surface area contributed by atoms with E-state index in [1.54, 1.807) is 18.2 Å².